The van der Waals surface area contributed by atoms with Gasteiger partial charge in [0.25, 0.3) is 0 Å². The highest BCUT2D eigenvalue weighted by Gasteiger charge is 2.09. The molecule has 0 aromatic heterocycles. The predicted octanol–water partition coefficient (Wildman–Crippen LogP) is 5.06. The predicted molar refractivity (Wildman–Crippen MR) is 90.6 cm³/mol. The van der Waals surface area contributed by atoms with E-state index in [-0.39, 0.29) is 11.5 Å². The highest BCUT2D eigenvalue weighted by Crippen LogP contribution is 2.27. The molecule has 0 aliphatic carbocycles. The first kappa shape index (κ1) is 18.0. The van der Waals surface area contributed by atoms with Crippen molar-refractivity contribution >= 4 is 5.78 Å². The van der Waals surface area contributed by atoms with Crippen LogP contribution in [0, 0.1) is 0 Å². The lowest BCUT2D eigenvalue weighted by Crippen LogP contribution is -1.99. The molecule has 0 aliphatic rings. The molecule has 0 unspecified atom stereocenters. The molecular formula is C19H26O3. The number of Topliss-reactive ketones (excluding diaryl/α,β-unsaturated/α-hetero) is 1. The van der Waals surface area contributed by atoms with Crippen LogP contribution in [0.25, 0.3) is 0 Å². The molecule has 1 rings (SSSR count). The van der Waals surface area contributed by atoms with Crippen LogP contribution in [0.15, 0.2) is 41.5 Å². The maximum atomic E-state index is 12.1. The lowest BCUT2D eigenvalue weighted by atomic mass is 10.0. The monoisotopic (exact) mass is 302 g/mol. The van der Waals surface area contributed by atoms with Crippen molar-refractivity contribution in [2.75, 3.05) is 7.11 Å². The Labute approximate surface area is 133 Å². The number of hydrogen-bond donors (Lipinski definition) is 1. The van der Waals surface area contributed by atoms with E-state index in [2.05, 4.69) is 32.9 Å². The van der Waals surface area contributed by atoms with E-state index in [4.69, 9.17) is 4.74 Å². The summed E-state index contributed by atoms with van der Waals surface area (Å²) < 4.78 is 5.02. The third kappa shape index (κ3) is 6.17. The summed E-state index contributed by atoms with van der Waals surface area (Å²) in [7, 11) is 1.47. The van der Waals surface area contributed by atoms with Gasteiger partial charge in [0.05, 0.1) is 7.11 Å². The van der Waals surface area contributed by atoms with Crippen LogP contribution in [0.4, 0.5) is 0 Å². The second kappa shape index (κ2) is 9.08. The van der Waals surface area contributed by atoms with Crippen molar-refractivity contribution in [2.24, 2.45) is 0 Å². The third-order valence-electron chi connectivity index (χ3n) is 3.46. The van der Waals surface area contributed by atoms with Crippen LogP contribution < -0.4 is 4.74 Å². The molecule has 0 saturated carbocycles. The number of rotatable bonds is 8. The molecule has 120 valence electrons. The van der Waals surface area contributed by atoms with Gasteiger partial charge in [0.2, 0.25) is 0 Å². The zero-order valence-electron chi connectivity index (χ0n) is 14.0. The van der Waals surface area contributed by atoms with Gasteiger partial charge in [-0.1, -0.05) is 23.3 Å². The molecule has 0 radical (unpaired) electrons. The fourth-order valence-electron chi connectivity index (χ4n) is 2.14. The number of phenols is 1. The SMILES string of the molecule is COc1cc(C(=O)CC/C=C(\C)CCC=C(C)C)ccc1O. The summed E-state index contributed by atoms with van der Waals surface area (Å²) >= 11 is 0. The average Bonchev–Trinajstić information content (AvgIpc) is 2.47. The number of hydrogen-bond acceptors (Lipinski definition) is 3. The molecule has 0 bridgehead atoms. The van der Waals surface area contributed by atoms with E-state index in [1.165, 1.54) is 24.3 Å². The van der Waals surface area contributed by atoms with Crippen molar-refractivity contribution in [3.05, 3.63) is 47.1 Å². The van der Waals surface area contributed by atoms with E-state index < -0.39 is 0 Å². The number of phenolic OH excluding ortho intramolecular Hbond substituents is 1. The van der Waals surface area contributed by atoms with Gasteiger partial charge in [-0.15, -0.1) is 0 Å². The maximum absolute atomic E-state index is 12.1. The normalized spacial score (nSPS) is 11.2. The van der Waals surface area contributed by atoms with Crippen molar-refractivity contribution in [2.45, 2.75) is 46.5 Å². The molecule has 0 atom stereocenters. The Hall–Kier alpha value is -2.03. The van der Waals surface area contributed by atoms with Gasteiger partial charge < -0.3 is 9.84 Å². The first-order chi connectivity index (χ1) is 10.4. The van der Waals surface area contributed by atoms with Gasteiger partial charge >= 0.3 is 0 Å². The van der Waals surface area contributed by atoms with Gasteiger partial charge in [-0.25, -0.2) is 0 Å². The molecule has 0 fully saturated rings. The highest BCUT2D eigenvalue weighted by atomic mass is 16.5. The number of carbonyl (C=O) groups excluding carboxylic acids is 1. The van der Waals surface area contributed by atoms with Gasteiger partial charge in [0, 0.05) is 12.0 Å². The quantitative estimate of drug-likeness (QED) is 0.539. The molecule has 22 heavy (non-hydrogen) atoms. The van der Waals surface area contributed by atoms with Crippen LogP contribution in [0.2, 0.25) is 0 Å². The van der Waals surface area contributed by atoms with Gasteiger partial charge in [-0.3, -0.25) is 4.79 Å². The number of methoxy groups -OCH3 is 1. The Morgan fingerprint density at radius 3 is 2.45 bits per heavy atom. The van der Waals surface area contributed by atoms with Crippen LogP contribution in [0.5, 0.6) is 11.5 Å². The molecule has 1 N–H and O–H groups in total. The van der Waals surface area contributed by atoms with Crippen LogP contribution in [-0.2, 0) is 0 Å². The number of benzene rings is 1. The maximum Gasteiger partial charge on any atom is 0.163 e. The van der Waals surface area contributed by atoms with E-state index in [1.54, 1.807) is 12.1 Å². The highest BCUT2D eigenvalue weighted by molar-refractivity contribution is 5.96. The van der Waals surface area contributed by atoms with E-state index in [0.29, 0.717) is 17.7 Å². The Bertz CT molecular complexity index is 564. The Balaban J connectivity index is 2.50. The number of carbonyl (C=O) groups is 1. The van der Waals surface area contributed by atoms with E-state index in [1.807, 2.05) is 0 Å². The van der Waals surface area contributed by atoms with Crippen LogP contribution in [0.1, 0.15) is 56.8 Å². The standard InChI is InChI=1S/C19H26O3/c1-14(2)7-5-8-15(3)9-6-10-17(20)16-11-12-18(21)19(13-16)22-4/h7,9,11-13,21H,5-6,8,10H2,1-4H3/b15-9+. The smallest absolute Gasteiger partial charge is 0.163 e. The summed E-state index contributed by atoms with van der Waals surface area (Å²) in [5.41, 5.74) is 3.23. The minimum Gasteiger partial charge on any atom is -0.504 e. The van der Waals surface area contributed by atoms with Gasteiger partial charge in [-0.2, -0.15) is 0 Å². The van der Waals surface area contributed by atoms with E-state index in [0.717, 1.165) is 19.3 Å². The number of aromatic hydroxyl groups is 1. The van der Waals surface area contributed by atoms with Gasteiger partial charge in [-0.05, 0) is 58.2 Å². The molecule has 3 heteroatoms. The van der Waals surface area contributed by atoms with Crippen molar-refractivity contribution < 1.29 is 14.6 Å². The Kier molecular flexibility index (Phi) is 7.44. The van der Waals surface area contributed by atoms with Crippen molar-refractivity contribution in [3.8, 4) is 11.5 Å². The lowest BCUT2D eigenvalue weighted by molar-refractivity contribution is 0.0983. The van der Waals surface area contributed by atoms with E-state index >= 15 is 0 Å². The lowest BCUT2D eigenvalue weighted by Gasteiger charge is -2.05. The molecule has 1 aromatic carbocycles. The van der Waals surface area contributed by atoms with Crippen molar-refractivity contribution in [3.63, 3.8) is 0 Å². The molecule has 3 nitrogen and oxygen atoms in total. The molecule has 1 aromatic rings. The molecule has 0 spiro atoms. The second-order valence-corrected chi connectivity index (χ2v) is 5.72. The van der Waals surface area contributed by atoms with Gasteiger partial charge in [0.1, 0.15) is 0 Å². The zero-order valence-corrected chi connectivity index (χ0v) is 14.0. The largest absolute Gasteiger partial charge is 0.504 e. The summed E-state index contributed by atoms with van der Waals surface area (Å²) in [6, 6.07) is 4.71. The minimum absolute atomic E-state index is 0.0501. The van der Waals surface area contributed by atoms with Crippen LogP contribution in [-0.4, -0.2) is 18.0 Å². The van der Waals surface area contributed by atoms with Crippen molar-refractivity contribution in [1.29, 1.82) is 0 Å². The summed E-state index contributed by atoms with van der Waals surface area (Å²) in [6.45, 7) is 6.31. The Morgan fingerprint density at radius 2 is 1.82 bits per heavy atom. The summed E-state index contributed by atoms with van der Waals surface area (Å²) in [5.74, 6) is 0.444. The van der Waals surface area contributed by atoms with E-state index in [9.17, 15) is 9.90 Å². The first-order valence-electron chi connectivity index (χ1n) is 7.63. The molecule has 0 saturated heterocycles. The summed E-state index contributed by atoms with van der Waals surface area (Å²) in [6.07, 6.45) is 7.65. The molecule has 0 amide bonds. The number of ether oxygens (including phenoxy) is 1. The number of allylic oxidation sites excluding steroid dienone is 4. The summed E-state index contributed by atoms with van der Waals surface area (Å²) in [4.78, 5) is 12.1. The minimum atomic E-state index is 0.0501. The average molecular weight is 302 g/mol. The topological polar surface area (TPSA) is 46.5 Å². The molecule has 0 aliphatic heterocycles. The second-order valence-electron chi connectivity index (χ2n) is 5.72. The Morgan fingerprint density at radius 1 is 1.14 bits per heavy atom. The van der Waals surface area contributed by atoms with Crippen molar-refractivity contribution in [1.82, 2.24) is 0 Å². The van der Waals surface area contributed by atoms with Gasteiger partial charge in [0.15, 0.2) is 17.3 Å². The van der Waals surface area contributed by atoms with Crippen LogP contribution in [0.3, 0.4) is 0 Å². The fraction of sp³-hybridized carbons (Fsp3) is 0.421. The number of ketones is 1. The fourth-order valence-corrected chi connectivity index (χ4v) is 2.14. The molecular weight excluding hydrogens is 276 g/mol. The zero-order chi connectivity index (χ0) is 16.5. The van der Waals surface area contributed by atoms with Crippen LogP contribution >= 0.6 is 0 Å². The first-order valence-corrected chi connectivity index (χ1v) is 7.63. The summed E-state index contributed by atoms with van der Waals surface area (Å²) in [5, 5.41) is 9.54. The molecule has 0 heterocycles. The third-order valence-corrected chi connectivity index (χ3v) is 3.46.